The Labute approximate surface area is 95.0 Å². The third-order valence-electron chi connectivity index (χ3n) is 2.52. The molecule has 1 heterocycles. The first-order chi connectivity index (χ1) is 7.79. The summed E-state index contributed by atoms with van der Waals surface area (Å²) in [4.78, 5) is 0. The van der Waals surface area contributed by atoms with E-state index in [0.29, 0.717) is 6.42 Å². The molecule has 0 saturated heterocycles. The van der Waals surface area contributed by atoms with Gasteiger partial charge in [0.05, 0.1) is 11.8 Å². The average Bonchev–Trinajstić information content (AvgIpc) is 2.73. The lowest BCUT2D eigenvalue weighted by Crippen LogP contribution is -2.04. The largest absolute Gasteiger partial charge is 0.376 e. The monoisotopic (exact) mass is 217 g/mol. The zero-order chi connectivity index (χ0) is 11.4. The topological polar surface area (TPSA) is 35.3 Å². The van der Waals surface area contributed by atoms with E-state index in [1.165, 1.54) is 0 Å². The summed E-state index contributed by atoms with van der Waals surface area (Å²) in [7, 11) is 1.71. The summed E-state index contributed by atoms with van der Waals surface area (Å²) >= 11 is 0. The summed E-state index contributed by atoms with van der Waals surface area (Å²) in [5.74, 6) is 0.855. The highest BCUT2D eigenvalue weighted by Crippen LogP contribution is 2.21. The van der Waals surface area contributed by atoms with Gasteiger partial charge in [0.2, 0.25) is 0 Å². The van der Waals surface area contributed by atoms with E-state index >= 15 is 0 Å². The maximum absolute atomic E-state index is 5.46. The highest BCUT2D eigenvalue weighted by molar-refractivity contribution is 5.19. The Morgan fingerprint density at radius 1 is 1.31 bits per heavy atom. The van der Waals surface area contributed by atoms with Crippen molar-refractivity contribution in [3.05, 3.63) is 53.4 Å². The van der Waals surface area contributed by atoms with Crippen molar-refractivity contribution in [1.82, 2.24) is 5.16 Å². The number of aryl methyl sites for hydroxylation is 1. The van der Waals surface area contributed by atoms with Crippen LogP contribution in [0.25, 0.3) is 0 Å². The third kappa shape index (κ3) is 2.49. The van der Waals surface area contributed by atoms with Crippen LogP contribution >= 0.6 is 0 Å². The molecule has 0 saturated carbocycles. The number of hydrogen-bond donors (Lipinski definition) is 0. The number of nitrogens with zero attached hydrogens (tertiary/aromatic N) is 1. The Kier molecular flexibility index (Phi) is 3.37. The number of aromatic nitrogens is 1. The second-order valence-corrected chi connectivity index (χ2v) is 3.77. The van der Waals surface area contributed by atoms with Gasteiger partial charge < -0.3 is 9.26 Å². The van der Waals surface area contributed by atoms with E-state index in [4.69, 9.17) is 9.26 Å². The fourth-order valence-electron chi connectivity index (χ4n) is 1.70. The van der Waals surface area contributed by atoms with E-state index < -0.39 is 0 Å². The minimum atomic E-state index is 0.0218. The van der Waals surface area contributed by atoms with Gasteiger partial charge in [0.1, 0.15) is 5.76 Å². The molecule has 1 aromatic heterocycles. The molecule has 3 heteroatoms. The van der Waals surface area contributed by atoms with Gasteiger partial charge in [-0.15, -0.1) is 0 Å². The molecule has 0 N–H and O–H groups in total. The summed E-state index contributed by atoms with van der Waals surface area (Å²) in [6, 6.07) is 12.1. The Morgan fingerprint density at radius 3 is 2.62 bits per heavy atom. The number of rotatable bonds is 4. The van der Waals surface area contributed by atoms with Crippen molar-refractivity contribution in [3.8, 4) is 0 Å². The molecular weight excluding hydrogens is 202 g/mol. The van der Waals surface area contributed by atoms with E-state index in [9.17, 15) is 0 Å². The van der Waals surface area contributed by atoms with Crippen LogP contribution in [0.5, 0.6) is 0 Å². The first-order valence-corrected chi connectivity index (χ1v) is 5.29. The van der Waals surface area contributed by atoms with Crippen LogP contribution in [-0.4, -0.2) is 12.3 Å². The fourth-order valence-corrected chi connectivity index (χ4v) is 1.70. The van der Waals surface area contributed by atoms with Gasteiger partial charge in [-0.2, -0.15) is 0 Å². The molecule has 0 aliphatic rings. The molecule has 0 aliphatic heterocycles. The van der Waals surface area contributed by atoms with Crippen LogP contribution in [0.3, 0.4) is 0 Å². The number of methoxy groups -OCH3 is 1. The van der Waals surface area contributed by atoms with Crippen LogP contribution in [0.2, 0.25) is 0 Å². The molecule has 1 aromatic carbocycles. The highest BCUT2D eigenvalue weighted by atomic mass is 16.5. The van der Waals surface area contributed by atoms with Gasteiger partial charge in [-0.1, -0.05) is 35.5 Å². The van der Waals surface area contributed by atoms with Crippen molar-refractivity contribution >= 4 is 0 Å². The van der Waals surface area contributed by atoms with Crippen LogP contribution in [-0.2, 0) is 11.2 Å². The zero-order valence-electron chi connectivity index (χ0n) is 9.51. The van der Waals surface area contributed by atoms with Gasteiger partial charge in [0, 0.05) is 19.6 Å². The predicted molar refractivity (Wildman–Crippen MR) is 61.1 cm³/mol. The molecule has 0 spiro atoms. The molecular formula is C13H15NO2. The summed E-state index contributed by atoms with van der Waals surface area (Å²) in [6.45, 7) is 1.91. The summed E-state index contributed by atoms with van der Waals surface area (Å²) in [5, 5.41) is 3.87. The predicted octanol–water partition coefficient (Wildman–Crippen LogP) is 2.91. The van der Waals surface area contributed by atoms with Crippen LogP contribution in [0.15, 0.2) is 40.9 Å². The van der Waals surface area contributed by atoms with Gasteiger partial charge in [-0.25, -0.2) is 0 Å². The van der Waals surface area contributed by atoms with Crippen molar-refractivity contribution < 1.29 is 9.26 Å². The maximum Gasteiger partial charge on any atom is 0.139 e. The molecule has 0 amide bonds. The highest BCUT2D eigenvalue weighted by Gasteiger charge is 2.13. The second kappa shape index (κ2) is 4.94. The lowest BCUT2D eigenvalue weighted by Gasteiger charge is -2.13. The SMILES string of the molecule is COC(Cc1cc(C)no1)c1ccccc1. The van der Waals surface area contributed by atoms with E-state index in [1.54, 1.807) is 7.11 Å². The van der Waals surface area contributed by atoms with Crippen LogP contribution in [0.4, 0.5) is 0 Å². The molecule has 3 nitrogen and oxygen atoms in total. The third-order valence-corrected chi connectivity index (χ3v) is 2.52. The molecule has 0 bridgehead atoms. The van der Waals surface area contributed by atoms with Gasteiger partial charge in [-0.05, 0) is 12.5 Å². The van der Waals surface area contributed by atoms with Gasteiger partial charge >= 0.3 is 0 Å². The Balaban J connectivity index is 2.12. The van der Waals surface area contributed by atoms with E-state index in [0.717, 1.165) is 17.0 Å². The van der Waals surface area contributed by atoms with Crippen molar-refractivity contribution in [2.75, 3.05) is 7.11 Å². The van der Waals surface area contributed by atoms with Crippen LogP contribution in [0, 0.1) is 6.92 Å². The summed E-state index contributed by atoms with van der Waals surface area (Å²) in [6.07, 6.45) is 0.731. The van der Waals surface area contributed by atoms with Crippen molar-refractivity contribution in [2.45, 2.75) is 19.4 Å². The normalized spacial score (nSPS) is 12.6. The van der Waals surface area contributed by atoms with Gasteiger partial charge in [0.25, 0.3) is 0 Å². The first-order valence-electron chi connectivity index (χ1n) is 5.29. The van der Waals surface area contributed by atoms with Crippen LogP contribution in [0.1, 0.15) is 23.1 Å². The molecule has 0 fully saturated rings. The standard InChI is InChI=1S/C13H15NO2/c1-10-8-12(16-14-10)9-13(15-2)11-6-4-3-5-7-11/h3-8,13H,9H2,1-2H3. The fraction of sp³-hybridized carbons (Fsp3) is 0.308. The molecule has 1 atom stereocenters. The maximum atomic E-state index is 5.46. The minimum Gasteiger partial charge on any atom is -0.376 e. The Hall–Kier alpha value is -1.61. The first kappa shape index (κ1) is 10.9. The lowest BCUT2D eigenvalue weighted by atomic mass is 10.1. The van der Waals surface area contributed by atoms with Crippen molar-refractivity contribution in [3.63, 3.8) is 0 Å². The molecule has 2 aromatic rings. The molecule has 84 valence electrons. The minimum absolute atomic E-state index is 0.0218. The van der Waals surface area contributed by atoms with Crippen molar-refractivity contribution in [1.29, 1.82) is 0 Å². The number of benzene rings is 1. The second-order valence-electron chi connectivity index (χ2n) is 3.77. The molecule has 0 radical (unpaired) electrons. The van der Waals surface area contributed by atoms with Crippen molar-refractivity contribution in [2.24, 2.45) is 0 Å². The Bertz CT molecular complexity index is 436. The lowest BCUT2D eigenvalue weighted by molar-refractivity contribution is 0.0969. The van der Waals surface area contributed by atoms with Gasteiger partial charge in [0.15, 0.2) is 0 Å². The van der Waals surface area contributed by atoms with Crippen LogP contribution < -0.4 is 0 Å². The van der Waals surface area contributed by atoms with E-state index in [1.807, 2.05) is 31.2 Å². The van der Waals surface area contributed by atoms with Gasteiger partial charge in [-0.3, -0.25) is 0 Å². The smallest absolute Gasteiger partial charge is 0.139 e. The van der Waals surface area contributed by atoms with E-state index in [-0.39, 0.29) is 6.10 Å². The summed E-state index contributed by atoms with van der Waals surface area (Å²) < 4.78 is 10.6. The molecule has 1 unspecified atom stereocenters. The number of hydrogen-bond acceptors (Lipinski definition) is 3. The average molecular weight is 217 g/mol. The zero-order valence-corrected chi connectivity index (χ0v) is 9.51. The molecule has 2 rings (SSSR count). The molecule has 16 heavy (non-hydrogen) atoms. The Morgan fingerprint density at radius 2 is 2.06 bits per heavy atom. The molecule has 0 aliphatic carbocycles. The summed E-state index contributed by atoms with van der Waals surface area (Å²) in [5.41, 5.74) is 2.05. The number of ether oxygens (including phenoxy) is 1. The quantitative estimate of drug-likeness (QED) is 0.789. The van der Waals surface area contributed by atoms with E-state index in [2.05, 4.69) is 17.3 Å².